The Bertz CT molecular complexity index is 441. The maximum atomic E-state index is 6.44. The normalized spacial score (nSPS) is 22.5. The summed E-state index contributed by atoms with van der Waals surface area (Å²) in [4.78, 5) is 0. The molecule has 118 valence electrons. The van der Waals surface area contributed by atoms with Crippen LogP contribution in [0.25, 0.3) is 0 Å². The molecule has 2 nitrogen and oxygen atoms in total. The summed E-state index contributed by atoms with van der Waals surface area (Å²) in [7, 11) is 0. The lowest BCUT2D eigenvalue weighted by Crippen LogP contribution is -2.27. The molecular weight excluding hydrogens is 258 g/mol. The minimum atomic E-state index is 0.405. The smallest absolute Gasteiger partial charge is 0.127 e. The van der Waals surface area contributed by atoms with Gasteiger partial charge >= 0.3 is 0 Å². The third-order valence-electron chi connectivity index (χ3n) is 4.59. The first-order valence-electron chi connectivity index (χ1n) is 8.58. The molecule has 2 heteroatoms. The van der Waals surface area contributed by atoms with Gasteiger partial charge in [0.1, 0.15) is 5.75 Å². The van der Waals surface area contributed by atoms with E-state index in [0.717, 1.165) is 18.2 Å². The van der Waals surface area contributed by atoms with Crippen LogP contribution >= 0.6 is 0 Å². The minimum absolute atomic E-state index is 0.405. The van der Waals surface area contributed by atoms with Crippen molar-refractivity contribution in [2.45, 2.75) is 78.5 Å². The Morgan fingerprint density at radius 2 is 2.10 bits per heavy atom. The van der Waals surface area contributed by atoms with Gasteiger partial charge in [-0.05, 0) is 37.7 Å². The van der Waals surface area contributed by atoms with Crippen LogP contribution in [0, 0.1) is 12.8 Å². The van der Waals surface area contributed by atoms with Crippen LogP contribution in [0.5, 0.6) is 5.75 Å². The van der Waals surface area contributed by atoms with Crippen molar-refractivity contribution in [2.24, 2.45) is 5.92 Å². The number of nitrogens with one attached hydrogen (secondary N) is 1. The molecule has 0 heterocycles. The van der Waals surface area contributed by atoms with E-state index in [4.69, 9.17) is 4.74 Å². The zero-order chi connectivity index (χ0) is 15.2. The molecule has 21 heavy (non-hydrogen) atoms. The van der Waals surface area contributed by atoms with Gasteiger partial charge in [-0.15, -0.1) is 0 Å². The van der Waals surface area contributed by atoms with Crippen LogP contribution in [0.15, 0.2) is 18.2 Å². The number of benzene rings is 1. The summed E-state index contributed by atoms with van der Waals surface area (Å²) < 4.78 is 6.44. The highest BCUT2D eigenvalue weighted by Gasteiger charge is 2.23. The summed E-state index contributed by atoms with van der Waals surface area (Å²) in [6.07, 6.45) is 6.82. The molecule has 2 atom stereocenters. The highest BCUT2D eigenvalue weighted by atomic mass is 16.5. The summed E-state index contributed by atoms with van der Waals surface area (Å²) in [6, 6.07) is 6.99. The molecule has 2 unspecified atom stereocenters. The number of aryl methyl sites for hydroxylation is 1. The number of para-hydroxylation sites is 1. The van der Waals surface area contributed by atoms with Gasteiger partial charge in [0.05, 0.1) is 6.10 Å². The molecule has 0 aliphatic heterocycles. The van der Waals surface area contributed by atoms with Gasteiger partial charge in [0.15, 0.2) is 0 Å². The van der Waals surface area contributed by atoms with Gasteiger partial charge in [0, 0.05) is 18.2 Å². The van der Waals surface area contributed by atoms with Gasteiger partial charge < -0.3 is 10.1 Å². The van der Waals surface area contributed by atoms with E-state index in [0.29, 0.717) is 12.1 Å². The second-order valence-corrected chi connectivity index (χ2v) is 6.78. The number of ether oxygens (including phenoxy) is 1. The van der Waals surface area contributed by atoms with Gasteiger partial charge in [0.25, 0.3) is 0 Å². The van der Waals surface area contributed by atoms with Crippen LogP contribution in [0.3, 0.4) is 0 Å². The largest absolute Gasteiger partial charge is 0.490 e. The average molecular weight is 289 g/mol. The van der Waals surface area contributed by atoms with Gasteiger partial charge in [0.2, 0.25) is 0 Å². The topological polar surface area (TPSA) is 21.3 Å². The van der Waals surface area contributed by atoms with Gasteiger partial charge in [-0.1, -0.05) is 51.8 Å². The summed E-state index contributed by atoms with van der Waals surface area (Å²) in [6.45, 7) is 9.72. The average Bonchev–Trinajstić information content (AvgIpc) is 2.48. The maximum absolute atomic E-state index is 6.44. The zero-order valence-electron chi connectivity index (χ0n) is 14.1. The Morgan fingerprint density at radius 3 is 2.81 bits per heavy atom. The third-order valence-corrected chi connectivity index (χ3v) is 4.59. The molecule has 0 spiro atoms. The van der Waals surface area contributed by atoms with Crippen LogP contribution in [0.2, 0.25) is 0 Å². The van der Waals surface area contributed by atoms with Crippen molar-refractivity contribution in [3.05, 3.63) is 29.3 Å². The van der Waals surface area contributed by atoms with Crippen LogP contribution in [-0.4, -0.2) is 12.1 Å². The standard InChI is InChI=1S/C19H31NO/c1-5-16-9-7-11-18(12-16)21-19-15(4)8-6-10-17(19)13-20-14(2)3/h6,8,10,14,16,18,20H,5,7,9,11-13H2,1-4H3. The van der Waals surface area contributed by atoms with Crippen LogP contribution in [-0.2, 0) is 6.54 Å². The lowest BCUT2D eigenvalue weighted by molar-refractivity contribution is 0.120. The highest BCUT2D eigenvalue weighted by Crippen LogP contribution is 2.32. The first-order chi connectivity index (χ1) is 10.1. The van der Waals surface area contributed by atoms with E-state index in [1.165, 1.54) is 43.2 Å². The van der Waals surface area contributed by atoms with Crippen molar-refractivity contribution >= 4 is 0 Å². The predicted octanol–water partition coefficient (Wildman–Crippen LogP) is 4.84. The first-order valence-corrected chi connectivity index (χ1v) is 8.58. The van der Waals surface area contributed by atoms with Crippen molar-refractivity contribution < 1.29 is 4.74 Å². The summed E-state index contributed by atoms with van der Waals surface area (Å²) >= 11 is 0. The molecule has 1 N–H and O–H groups in total. The third kappa shape index (κ3) is 4.74. The second-order valence-electron chi connectivity index (χ2n) is 6.78. The lowest BCUT2D eigenvalue weighted by Gasteiger charge is -2.30. The molecule has 1 aliphatic carbocycles. The van der Waals surface area contributed by atoms with Crippen molar-refractivity contribution in [3.63, 3.8) is 0 Å². The SMILES string of the molecule is CCC1CCCC(Oc2c(C)cccc2CNC(C)C)C1. The van der Waals surface area contributed by atoms with Crippen molar-refractivity contribution in [1.29, 1.82) is 0 Å². The molecule has 1 aromatic carbocycles. The molecule has 0 saturated heterocycles. The van der Waals surface area contributed by atoms with E-state index in [1.54, 1.807) is 0 Å². The van der Waals surface area contributed by atoms with Gasteiger partial charge in [-0.2, -0.15) is 0 Å². The fourth-order valence-corrected chi connectivity index (χ4v) is 3.22. The number of hydrogen-bond donors (Lipinski definition) is 1. The monoisotopic (exact) mass is 289 g/mol. The second kappa shape index (κ2) is 7.84. The van der Waals surface area contributed by atoms with E-state index < -0.39 is 0 Å². The molecule has 1 aromatic rings. The predicted molar refractivity (Wildman–Crippen MR) is 89.8 cm³/mol. The first kappa shape index (κ1) is 16.4. The molecule has 1 saturated carbocycles. The highest BCUT2D eigenvalue weighted by molar-refractivity contribution is 5.41. The molecule has 1 aliphatic rings. The minimum Gasteiger partial charge on any atom is -0.490 e. The quantitative estimate of drug-likeness (QED) is 0.809. The fourth-order valence-electron chi connectivity index (χ4n) is 3.22. The molecule has 0 radical (unpaired) electrons. The van der Waals surface area contributed by atoms with Gasteiger partial charge in [-0.25, -0.2) is 0 Å². The Morgan fingerprint density at radius 1 is 1.29 bits per heavy atom. The Labute approximate surface area is 130 Å². The van der Waals surface area contributed by atoms with Crippen LogP contribution < -0.4 is 10.1 Å². The van der Waals surface area contributed by atoms with Crippen molar-refractivity contribution in [2.75, 3.05) is 0 Å². The van der Waals surface area contributed by atoms with Crippen LogP contribution in [0.1, 0.15) is 64.0 Å². The van der Waals surface area contributed by atoms with Crippen LogP contribution in [0.4, 0.5) is 0 Å². The Hall–Kier alpha value is -1.02. The molecule has 2 rings (SSSR count). The number of rotatable bonds is 6. The summed E-state index contributed by atoms with van der Waals surface area (Å²) in [5, 5.41) is 3.51. The van der Waals surface area contributed by atoms with Gasteiger partial charge in [-0.3, -0.25) is 0 Å². The van der Waals surface area contributed by atoms with Crippen molar-refractivity contribution in [1.82, 2.24) is 5.32 Å². The molecule has 0 aromatic heterocycles. The summed E-state index contributed by atoms with van der Waals surface area (Å²) in [5.74, 6) is 1.97. The number of hydrogen-bond acceptors (Lipinski definition) is 2. The molecule has 0 amide bonds. The van der Waals surface area contributed by atoms with E-state index in [1.807, 2.05) is 0 Å². The lowest BCUT2D eigenvalue weighted by atomic mass is 9.85. The fraction of sp³-hybridized carbons (Fsp3) is 0.684. The Balaban J connectivity index is 2.07. The molecule has 0 bridgehead atoms. The van der Waals surface area contributed by atoms with E-state index >= 15 is 0 Å². The Kier molecular flexibility index (Phi) is 6.10. The van der Waals surface area contributed by atoms with E-state index in [9.17, 15) is 0 Å². The summed E-state index contributed by atoms with van der Waals surface area (Å²) in [5.41, 5.74) is 2.55. The van der Waals surface area contributed by atoms with E-state index in [2.05, 4.69) is 51.2 Å². The zero-order valence-corrected chi connectivity index (χ0v) is 14.1. The molecular formula is C19H31NO. The van der Waals surface area contributed by atoms with E-state index in [-0.39, 0.29) is 0 Å². The maximum Gasteiger partial charge on any atom is 0.127 e. The van der Waals surface area contributed by atoms with Crippen molar-refractivity contribution in [3.8, 4) is 5.75 Å². The molecule has 1 fully saturated rings.